The third-order valence-electron chi connectivity index (χ3n) is 3.65. The number of urea groups is 1. The van der Waals surface area contributed by atoms with Gasteiger partial charge >= 0.3 is 6.03 Å². The second kappa shape index (κ2) is 7.00. The summed E-state index contributed by atoms with van der Waals surface area (Å²) in [6.07, 6.45) is 0. The number of carbonyl (C=O) groups excluding carboxylic acids is 1. The molecule has 24 heavy (non-hydrogen) atoms. The summed E-state index contributed by atoms with van der Waals surface area (Å²) in [6, 6.07) is 11.9. The number of halogens is 2. The molecule has 0 unspecified atom stereocenters. The average Bonchev–Trinajstić information content (AvgIpc) is 2.86. The molecule has 2 N–H and O–H groups in total. The zero-order valence-electron chi connectivity index (χ0n) is 13.0. The second-order valence-electron chi connectivity index (χ2n) is 5.30. The zero-order chi connectivity index (χ0) is 17.1. The molecule has 7 heteroatoms. The van der Waals surface area contributed by atoms with E-state index in [1.165, 1.54) is 12.1 Å². The van der Waals surface area contributed by atoms with Crippen molar-refractivity contribution < 1.29 is 9.18 Å². The van der Waals surface area contributed by atoms with Gasteiger partial charge in [-0.05, 0) is 37.3 Å². The number of aromatic nitrogens is 2. The Morgan fingerprint density at radius 3 is 2.88 bits per heavy atom. The Morgan fingerprint density at radius 2 is 2.08 bits per heavy atom. The first-order valence-electron chi connectivity index (χ1n) is 7.46. The Kier molecular flexibility index (Phi) is 4.80. The van der Waals surface area contributed by atoms with Crippen LogP contribution in [0.3, 0.4) is 0 Å². The smallest absolute Gasteiger partial charge is 0.319 e. The van der Waals surface area contributed by atoms with E-state index in [0.29, 0.717) is 17.6 Å². The normalized spacial score (nSPS) is 10.8. The molecule has 0 spiro atoms. The maximum absolute atomic E-state index is 13.7. The third-order valence-corrected chi connectivity index (χ3v) is 4.14. The zero-order valence-corrected chi connectivity index (χ0v) is 14.6. The fourth-order valence-electron chi connectivity index (χ4n) is 2.52. The lowest BCUT2D eigenvalue weighted by atomic mass is 10.3. The molecule has 0 aliphatic carbocycles. The number of nitrogens with one attached hydrogen (secondary N) is 2. The summed E-state index contributed by atoms with van der Waals surface area (Å²) in [6.45, 7) is 2.92. The van der Waals surface area contributed by atoms with Crippen LogP contribution in [-0.2, 0) is 6.54 Å². The number of benzene rings is 2. The first-order chi connectivity index (χ1) is 11.5. The van der Waals surface area contributed by atoms with Crippen molar-refractivity contribution in [3.8, 4) is 0 Å². The van der Waals surface area contributed by atoms with Gasteiger partial charge in [0.15, 0.2) is 0 Å². The summed E-state index contributed by atoms with van der Waals surface area (Å²) in [5, 5.41) is 5.22. The number of rotatable bonds is 4. The van der Waals surface area contributed by atoms with Crippen LogP contribution in [0.2, 0.25) is 0 Å². The molecule has 0 fully saturated rings. The number of fused-ring (bicyclic) bond motifs is 1. The largest absolute Gasteiger partial charge is 0.336 e. The van der Waals surface area contributed by atoms with Crippen LogP contribution in [0.15, 0.2) is 46.9 Å². The van der Waals surface area contributed by atoms with Gasteiger partial charge in [-0.15, -0.1) is 0 Å². The molecule has 1 aromatic heterocycles. The van der Waals surface area contributed by atoms with Crippen LogP contribution >= 0.6 is 15.9 Å². The Balaban J connectivity index is 1.59. The molecule has 124 valence electrons. The number of imidazole rings is 1. The van der Waals surface area contributed by atoms with Gasteiger partial charge in [-0.2, -0.15) is 0 Å². The van der Waals surface area contributed by atoms with E-state index >= 15 is 0 Å². The van der Waals surface area contributed by atoms with Crippen LogP contribution in [0.5, 0.6) is 0 Å². The summed E-state index contributed by atoms with van der Waals surface area (Å²) in [5.41, 5.74) is 2.09. The summed E-state index contributed by atoms with van der Waals surface area (Å²) >= 11 is 3.18. The van der Waals surface area contributed by atoms with Crippen LogP contribution in [0.4, 0.5) is 14.9 Å². The van der Waals surface area contributed by atoms with Gasteiger partial charge in [-0.3, -0.25) is 0 Å². The molecule has 3 rings (SSSR count). The van der Waals surface area contributed by atoms with Crippen LogP contribution < -0.4 is 10.6 Å². The maximum Gasteiger partial charge on any atom is 0.319 e. The molecule has 0 aliphatic rings. The van der Waals surface area contributed by atoms with Crippen LogP contribution in [0.1, 0.15) is 5.82 Å². The lowest BCUT2D eigenvalue weighted by molar-refractivity contribution is 0.251. The van der Waals surface area contributed by atoms with Gasteiger partial charge in [-0.25, -0.2) is 14.2 Å². The predicted octanol–water partition coefficient (Wildman–Crippen LogP) is 4.07. The number of carbonyl (C=O) groups is 1. The fraction of sp³-hybridized carbons (Fsp3) is 0.176. The Labute approximate surface area is 147 Å². The Hall–Kier alpha value is -2.41. The predicted molar refractivity (Wildman–Crippen MR) is 95.6 cm³/mol. The second-order valence-corrected chi connectivity index (χ2v) is 6.22. The maximum atomic E-state index is 13.7. The lowest BCUT2D eigenvalue weighted by Gasteiger charge is -2.10. The first-order valence-corrected chi connectivity index (χ1v) is 8.25. The van der Waals surface area contributed by atoms with E-state index < -0.39 is 11.8 Å². The van der Waals surface area contributed by atoms with Gasteiger partial charge in [0, 0.05) is 17.6 Å². The van der Waals surface area contributed by atoms with Crippen molar-refractivity contribution in [3.63, 3.8) is 0 Å². The van der Waals surface area contributed by atoms with Crippen molar-refractivity contribution in [2.45, 2.75) is 13.5 Å². The van der Waals surface area contributed by atoms with Gasteiger partial charge in [0.05, 0.1) is 16.7 Å². The van der Waals surface area contributed by atoms with Crippen molar-refractivity contribution in [3.05, 3.63) is 58.6 Å². The monoisotopic (exact) mass is 390 g/mol. The molecule has 0 atom stereocenters. The average molecular weight is 391 g/mol. The van der Waals surface area contributed by atoms with Crippen LogP contribution in [-0.4, -0.2) is 22.1 Å². The van der Waals surface area contributed by atoms with Gasteiger partial charge in [-0.1, -0.05) is 28.1 Å². The number of anilines is 1. The van der Waals surface area contributed by atoms with Gasteiger partial charge in [0.1, 0.15) is 11.6 Å². The minimum Gasteiger partial charge on any atom is -0.336 e. The minimum absolute atomic E-state index is 0.139. The highest BCUT2D eigenvalue weighted by molar-refractivity contribution is 9.10. The van der Waals surface area contributed by atoms with E-state index in [1.54, 1.807) is 6.07 Å². The molecule has 3 aromatic rings. The SMILES string of the molecule is Cc1nc2ccccc2n1CCNC(=O)Nc1ccc(Br)cc1F. The van der Waals surface area contributed by atoms with Crippen LogP contribution in [0.25, 0.3) is 11.0 Å². The fourth-order valence-corrected chi connectivity index (χ4v) is 2.85. The molecule has 1 heterocycles. The van der Waals surface area contributed by atoms with Gasteiger partial charge < -0.3 is 15.2 Å². The Morgan fingerprint density at radius 1 is 1.29 bits per heavy atom. The van der Waals surface area contributed by atoms with E-state index in [0.717, 1.165) is 16.9 Å². The van der Waals surface area contributed by atoms with E-state index in [4.69, 9.17) is 0 Å². The van der Waals surface area contributed by atoms with Crippen molar-refractivity contribution in [2.24, 2.45) is 0 Å². The number of hydrogen-bond donors (Lipinski definition) is 2. The molecule has 0 saturated heterocycles. The number of nitrogens with zero attached hydrogens (tertiary/aromatic N) is 2. The summed E-state index contributed by atoms with van der Waals surface area (Å²) < 4.78 is 16.4. The summed E-state index contributed by atoms with van der Waals surface area (Å²) in [7, 11) is 0. The number of amides is 2. The molecule has 0 bridgehead atoms. The molecule has 5 nitrogen and oxygen atoms in total. The number of aryl methyl sites for hydroxylation is 1. The van der Waals surface area contributed by atoms with Gasteiger partial charge in [0.25, 0.3) is 0 Å². The topological polar surface area (TPSA) is 59.0 Å². The van der Waals surface area contributed by atoms with Crippen molar-refractivity contribution >= 4 is 38.7 Å². The molecule has 0 saturated carbocycles. The standard InChI is InChI=1S/C17H16BrFN4O/c1-11-21-15-4-2-3-5-16(15)23(11)9-8-20-17(24)22-14-7-6-12(18)10-13(14)19/h2-7,10H,8-9H2,1H3,(H2,20,22,24). The molecule has 0 radical (unpaired) electrons. The quantitative estimate of drug-likeness (QED) is 0.705. The third kappa shape index (κ3) is 3.56. The molecule has 0 aliphatic heterocycles. The molecule has 2 aromatic carbocycles. The minimum atomic E-state index is -0.490. The molecular weight excluding hydrogens is 375 g/mol. The summed E-state index contributed by atoms with van der Waals surface area (Å²) in [4.78, 5) is 16.4. The summed E-state index contributed by atoms with van der Waals surface area (Å²) in [5.74, 6) is 0.397. The van der Waals surface area contributed by atoms with E-state index in [9.17, 15) is 9.18 Å². The number of hydrogen-bond acceptors (Lipinski definition) is 2. The van der Waals surface area contributed by atoms with E-state index in [1.807, 2.05) is 35.8 Å². The Bertz CT molecular complexity index is 893. The van der Waals surface area contributed by atoms with Crippen molar-refractivity contribution in [2.75, 3.05) is 11.9 Å². The highest BCUT2D eigenvalue weighted by Gasteiger charge is 2.09. The van der Waals surface area contributed by atoms with E-state index in [2.05, 4.69) is 31.5 Å². The van der Waals surface area contributed by atoms with Gasteiger partial charge in [0.2, 0.25) is 0 Å². The molecule has 2 amide bonds. The molecular formula is C17H16BrFN4O. The van der Waals surface area contributed by atoms with E-state index in [-0.39, 0.29) is 5.69 Å². The highest BCUT2D eigenvalue weighted by Crippen LogP contribution is 2.19. The lowest BCUT2D eigenvalue weighted by Crippen LogP contribution is -2.31. The van der Waals surface area contributed by atoms with Crippen molar-refractivity contribution in [1.29, 1.82) is 0 Å². The van der Waals surface area contributed by atoms with Crippen LogP contribution in [0, 0.1) is 12.7 Å². The number of para-hydroxylation sites is 2. The highest BCUT2D eigenvalue weighted by atomic mass is 79.9. The first kappa shape index (κ1) is 16.4. The van der Waals surface area contributed by atoms with Crippen molar-refractivity contribution in [1.82, 2.24) is 14.9 Å².